The summed E-state index contributed by atoms with van der Waals surface area (Å²) in [5.41, 5.74) is 19.1. The summed E-state index contributed by atoms with van der Waals surface area (Å²) in [6, 6.07) is 65.7. The molecule has 0 saturated carbocycles. The van der Waals surface area contributed by atoms with Crippen molar-refractivity contribution in [1.82, 2.24) is 0 Å². The number of fused-ring (bicyclic) bond motifs is 9. The Balaban J connectivity index is 1.18. The molecule has 2 heteroatoms. The molecule has 1 heterocycles. The van der Waals surface area contributed by atoms with Crippen LogP contribution < -0.4 is 4.90 Å². The summed E-state index contributed by atoms with van der Waals surface area (Å²) in [4.78, 5) is 2.56. The zero-order chi connectivity index (χ0) is 37.8. The molecular formula is C54H41NS. The molecule has 1 nitrogen and oxygen atoms in total. The molecule has 2 aliphatic rings. The van der Waals surface area contributed by atoms with Crippen molar-refractivity contribution in [2.24, 2.45) is 0 Å². The number of thiophene rings is 1. The second-order valence-corrected chi connectivity index (χ2v) is 17.5. The van der Waals surface area contributed by atoms with Gasteiger partial charge in [-0.05, 0) is 86.0 Å². The van der Waals surface area contributed by atoms with Crippen molar-refractivity contribution < 1.29 is 0 Å². The largest absolute Gasteiger partial charge is 0.308 e. The molecule has 0 saturated heterocycles. The van der Waals surface area contributed by atoms with Crippen molar-refractivity contribution in [3.63, 3.8) is 0 Å². The highest BCUT2D eigenvalue weighted by Crippen LogP contribution is 2.56. The van der Waals surface area contributed by atoms with Crippen LogP contribution in [-0.2, 0) is 10.8 Å². The Morgan fingerprint density at radius 3 is 1.64 bits per heavy atom. The van der Waals surface area contributed by atoms with E-state index in [0.717, 1.165) is 5.69 Å². The lowest BCUT2D eigenvalue weighted by molar-refractivity contribution is 0.660. The van der Waals surface area contributed by atoms with E-state index in [1.54, 1.807) is 0 Å². The first kappa shape index (κ1) is 33.1. The highest BCUT2D eigenvalue weighted by Gasteiger charge is 2.39. The van der Waals surface area contributed by atoms with Crippen LogP contribution in [0.4, 0.5) is 17.1 Å². The third-order valence-electron chi connectivity index (χ3n) is 12.7. The Hall–Kier alpha value is -6.22. The fourth-order valence-corrected chi connectivity index (χ4v) is 11.3. The van der Waals surface area contributed by atoms with Crippen LogP contribution in [0.5, 0.6) is 0 Å². The molecule has 1 aromatic heterocycles. The molecule has 0 unspecified atom stereocenters. The van der Waals surface area contributed by atoms with Crippen molar-refractivity contribution >= 4 is 48.6 Å². The van der Waals surface area contributed by atoms with Gasteiger partial charge in [0, 0.05) is 37.4 Å². The summed E-state index contributed by atoms with van der Waals surface area (Å²) in [5, 5.41) is 2.59. The number of anilines is 3. The van der Waals surface area contributed by atoms with Crippen molar-refractivity contribution in [2.45, 2.75) is 38.5 Å². The number of rotatable bonds is 5. The normalized spacial score (nSPS) is 14.4. The van der Waals surface area contributed by atoms with Crippen molar-refractivity contribution in [3.05, 3.63) is 198 Å². The second-order valence-electron chi connectivity index (χ2n) is 16.5. The van der Waals surface area contributed by atoms with E-state index in [9.17, 15) is 0 Å². The molecule has 0 radical (unpaired) electrons. The van der Waals surface area contributed by atoms with E-state index in [0.29, 0.717) is 0 Å². The summed E-state index contributed by atoms with van der Waals surface area (Å²) in [5.74, 6) is 0. The van der Waals surface area contributed by atoms with Crippen molar-refractivity contribution in [2.75, 3.05) is 4.90 Å². The summed E-state index contributed by atoms with van der Waals surface area (Å²) < 4.78 is 2.59. The first-order valence-corrected chi connectivity index (χ1v) is 20.5. The Kier molecular flexibility index (Phi) is 7.18. The molecule has 0 fully saturated rings. The molecule has 8 aromatic carbocycles. The first-order chi connectivity index (χ1) is 27.3. The average molecular weight is 736 g/mol. The van der Waals surface area contributed by atoms with Crippen molar-refractivity contribution in [1.29, 1.82) is 0 Å². The maximum Gasteiger partial charge on any atom is 0.0640 e. The lowest BCUT2D eigenvalue weighted by Gasteiger charge is -2.32. The van der Waals surface area contributed by atoms with Crippen LogP contribution in [-0.4, -0.2) is 0 Å². The van der Waals surface area contributed by atoms with Gasteiger partial charge in [0.1, 0.15) is 0 Å². The minimum atomic E-state index is -0.154. The highest BCUT2D eigenvalue weighted by molar-refractivity contribution is 7.26. The van der Waals surface area contributed by atoms with Gasteiger partial charge in [-0.15, -0.1) is 11.3 Å². The molecule has 0 spiro atoms. The number of nitrogens with zero attached hydrogens (tertiary/aromatic N) is 1. The van der Waals surface area contributed by atoms with E-state index >= 15 is 0 Å². The average Bonchev–Trinajstić information content (AvgIpc) is 3.82. The van der Waals surface area contributed by atoms with E-state index in [2.05, 4.69) is 209 Å². The summed E-state index contributed by atoms with van der Waals surface area (Å²) >= 11 is 1.89. The van der Waals surface area contributed by atoms with Crippen LogP contribution in [0.25, 0.3) is 64.7 Å². The molecule has 11 rings (SSSR count). The zero-order valence-corrected chi connectivity index (χ0v) is 32.9. The lowest BCUT2D eigenvalue weighted by Crippen LogP contribution is -2.17. The fourth-order valence-electron chi connectivity index (χ4n) is 10.1. The predicted octanol–water partition coefficient (Wildman–Crippen LogP) is 15.5. The maximum atomic E-state index is 2.56. The molecule has 0 bridgehead atoms. The van der Waals surface area contributed by atoms with Crippen LogP contribution in [0.3, 0.4) is 0 Å². The van der Waals surface area contributed by atoms with Gasteiger partial charge in [-0.3, -0.25) is 0 Å². The van der Waals surface area contributed by atoms with Crippen LogP contribution in [0.15, 0.2) is 176 Å². The third-order valence-corrected chi connectivity index (χ3v) is 13.9. The molecular weight excluding hydrogens is 695 g/mol. The summed E-state index contributed by atoms with van der Waals surface area (Å²) in [6.45, 7) is 9.52. The Morgan fingerprint density at radius 1 is 0.375 bits per heavy atom. The SMILES string of the molecule is CC1(C)c2ccccc2-c2ccc(-c3ccccc3N(c3ccccc3-c3cccc4c3C(C)(C)c3ccccc3-4)c3cccc4c3sc3ccccc34)cc21. The van der Waals surface area contributed by atoms with Crippen LogP contribution in [0.1, 0.15) is 49.9 Å². The van der Waals surface area contributed by atoms with Gasteiger partial charge in [0.2, 0.25) is 0 Å². The fraction of sp³-hybridized carbons (Fsp3) is 0.111. The molecule has 0 N–H and O–H groups in total. The van der Waals surface area contributed by atoms with Crippen LogP contribution >= 0.6 is 11.3 Å². The molecule has 9 aromatic rings. The van der Waals surface area contributed by atoms with Gasteiger partial charge in [-0.1, -0.05) is 173 Å². The van der Waals surface area contributed by atoms with E-state index in [1.807, 2.05) is 11.3 Å². The number of hydrogen-bond donors (Lipinski definition) is 0. The van der Waals surface area contributed by atoms with Gasteiger partial charge in [0.15, 0.2) is 0 Å². The van der Waals surface area contributed by atoms with Gasteiger partial charge in [-0.25, -0.2) is 0 Å². The van der Waals surface area contributed by atoms with Gasteiger partial charge >= 0.3 is 0 Å². The Bertz CT molecular complexity index is 3050. The standard InChI is InChI=1S/C54H41NS/c1-53(2)44-25-10-5-18-36(44)38-32-31-34(33-46(38)53)35-17-7-12-27-47(35)55(49-29-16-24-43-40-21-9-14-30-50(40)56-52(43)49)48-28-13-8-20-39(48)42-23-15-22-41-37-19-6-11-26-45(37)54(3,4)51(41)42/h5-33H,1-4H3. The quantitative estimate of drug-likeness (QED) is 0.170. The smallest absolute Gasteiger partial charge is 0.0640 e. The van der Waals surface area contributed by atoms with E-state index in [4.69, 9.17) is 0 Å². The van der Waals surface area contributed by atoms with Crippen LogP contribution in [0, 0.1) is 0 Å². The van der Waals surface area contributed by atoms with Gasteiger partial charge in [0.05, 0.1) is 21.8 Å². The maximum absolute atomic E-state index is 2.56. The highest BCUT2D eigenvalue weighted by atomic mass is 32.1. The number of hydrogen-bond acceptors (Lipinski definition) is 2. The van der Waals surface area contributed by atoms with E-state index < -0.39 is 0 Å². The van der Waals surface area contributed by atoms with Gasteiger partial charge in [-0.2, -0.15) is 0 Å². The Morgan fingerprint density at radius 2 is 0.875 bits per heavy atom. The van der Waals surface area contributed by atoms with Gasteiger partial charge in [0.25, 0.3) is 0 Å². The Labute approximate surface area is 333 Å². The predicted molar refractivity (Wildman–Crippen MR) is 240 cm³/mol. The number of para-hydroxylation sites is 2. The summed E-state index contributed by atoms with van der Waals surface area (Å²) in [7, 11) is 0. The third kappa shape index (κ3) is 4.66. The number of benzene rings is 8. The van der Waals surface area contributed by atoms with Gasteiger partial charge < -0.3 is 4.90 Å². The first-order valence-electron chi connectivity index (χ1n) is 19.7. The van der Waals surface area contributed by atoms with Crippen molar-refractivity contribution in [3.8, 4) is 44.5 Å². The molecule has 56 heavy (non-hydrogen) atoms. The van der Waals surface area contributed by atoms with E-state index in [-0.39, 0.29) is 10.8 Å². The zero-order valence-electron chi connectivity index (χ0n) is 32.1. The topological polar surface area (TPSA) is 3.24 Å². The molecule has 2 aliphatic carbocycles. The monoisotopic (exact) mass is 735 g/mol. The molecule has 268 valence electrons. The summed E-state index contributed by atoms with van der Waals surface area (Å²) in [6.07, 6.45) is 0. The minimum Gasteiger partial charge on any atom is -0.308 e. The minimum absolute atomic E-state index is 0.0933. The second kappa shape index (κ2) is 12.1. The molecule has 0 amide bonds. The molecule has 0 atom stereocenters. The molecule has 0 aliphatic heterocycles. The van der Waals surface area contributed by atoms with E-state index in [1.165, 1.54) is 98.3 Å². The van der Waals surface area contributed by atoms with Crippen LogP contribution in [0.2, 0.25) is 0 Å². The lowest BCUT2D eigenvalue weighted by atomic mass is 9.78.